The van der Waals surface area contributed by atoms with E-state index in [0.717, 1.165) is 5.56 Å². The summed E-state index contributed by atoms with van der Waals surface area (Å²) in [6.07, 6.45) is 1.82. The molecule has 0 fully saturated rings. The number of nitrogens with two attached hydrogens (primary N) is 1. The van der Waals surface area contributed by atoms with E-state index < -0.39 is 5.60 Å². The lowest BCUT2D eigenvalue weighted by Crippen LogP contribution is -2.37. The lowest BCUT2D eigenvalue weighted by molar-refractivity contribution is 0.0307. The topological polar surface area (TPSA) is 55.5 Å². The maximum atomic E-state index is 13.4. The Morgan fingerprint density at radius 3 is 2.78 bits per heavy atom. The zero-order chi connectivity index (χ0) is 13.6. The van der Waals surface area contributed by atoms with E-state index in [9.17, 15) is 9.50 Å². The van der Waals surface area contributed by atoms with Crippen molar-refractivity contribution in [3.05, 3.63) is 29.6 Å². The minimum Gasteiger partial charge on any atom is -0.491 e. The van der Waals surface area contributed by atoms with Crippen LogP contribution in [0.2, 0.25) is 0 Å². The maximum Gasteiger partial charge on any atom is 0.165 e. The Bertz CT molecular complexity index is 378. The molecule has 102 valence electrons. The van der Waals surface area contributed by atoms with Gasteiger partial charge < -0.3 is 15.6 Å². The van der Waals surface area contributed by atoms with Crippen LogP contribution in [-0.2, 0) is 0 Å². The lowest BCUT2D eigenvalue weighted by atomic mass is 9.95. The number of ether oxygens (including phenoxy) is 1. The van der Waals surface area contributed by atoms with Gasteiger partial charge in [0.15, 0.2) is 11.6 Å². The minimum absolute atomic E-state index is 0.238. The summed E-state index contributed by atoms with van der Waals surface area (Å²) in [5.74, 6) is -0.0898. The van der Waals surface area contributed by atoms with Crippen molar-refractivity contribution in [1.82, 2.24) is 0 Å². The molecule has 18 heavy (non-hydrogen) atoms. The molecule has 1 unspecified atom stereocenters. The van der Waals surface area contributed by atoms with E-state index in [1.54, 1.807) is 12.1 Å². The van der Waals surface area contributed by atoms with Crippen molar-refractivity contribution in [2.45, 2.75) is 38.7 Å². The SMILES string of the molecule is CCC(O)(CN)CCCOc1cc(C)ccc1F. The first-order chi connectivity index (χ1) is 8.50. The highest BCUT2D eigenvalue weighted by Crippen LogP contribution is 2.20. The van der Waals surface area contributed by atoms with Crippen molar-refractivity contribution in [2.24, 2.45) is 5.73 Å². The van der Waals surface area contributed by atoms with Gasteiger partial charge in [0.1, 0.15) is 0 Å². The van der Waals surface area contributed by atoms with Crippen molar-refractivity contribution in [1.29, 1.82) is 0 Å². The zero-order valence-electron chi connectivity index (χ0n) is 11.1. The normalized spacial score (nSPS) is 14.3. The van der Waals surface area contributed by atoms with Gasteiger partial charge in [-0.05, 0) is 43.9 Å². The molecule has 4 heteroatoms. The first kappa shape index (κ1) is 14.9. The molecule has 0 heterocycles. The predicted molar refractivity (Wildman–Crippen MR) is 70.2 cm³/mol. The molecule has 1 aromatic rings. The Hall–Kier alpha value is -1.13. The highest BCUT2D eigenvalue weighted by molar-refractivity contribution is 5.29. The van der Waals surface area contributed by atoms with Crippen LogP contribution < -0.4 is 10.5 Å². The number of hydrogen-bond donors (Lipinski definition) is 2. The van der Waals surface area contributed by atoms with Crippen LogP contribution in [0.3, 0.4) is 0 Å². The van der Waals surface area contributed by atoms with Gasteiger partial charge in [0, 0.05) is 6.54 Å². The summed E-state index contributed by atoms with van der Waals surface area (Å²) in [5, 5.41) is 9.97. The van der Waals surface area contributed by atoms with Crippen LogP contribution in [0.25, 0.3) is 0 Å². The molecular formula is C14H22FNO2. The third kappa shape index (κ3) is 4.27. The highest BCUT2D eigenvalue weighted by atomic mass is 19.1. The number of halogens is 1. The molecule has 0 saturated carbocycles. The fourth-order valence-corrected chi connectivity index (χ4v) is 1.73. The van der Waals surface area contributed by atoms with Gasteiger partial charge in [-0.15, -0.1) is 0 Å². The van der Waals surface area contributed by atoms with E-state index in [1.165, 1.54) is 6.07 Å². The Morgan fingerprint density at radius 2 is 2.17 bits per heavy atom. The highest BCUT2D eigenvalue weighted by Gasteiger charge is 2.21. The van der Waals surface area contributed by atoms with Gasteiger partial charge >= 0.3 is 0 Å². The third-order valence-electron chi connectivity index (χ3n) is 3.17. The summed E-state index contributed by atoms with van der Waals surface area (Å²) in [4.78, 5) is 0. The molecule has 3 nitrogen and oxygen atoms in total. The van der Waals surface area contributed by atoms with Crippen molar-refractivity contribution >= 4 is 0 Å². The largest absolute Gasteiger partial charge is 0.491 e. The van der Waals surface area contributed by atoms with Gasteiger partial charge in [0.25, 0.3) is 0 Å². The van der Waals surface area contributed by atoms with E-state index in [4.69, 9.17) is 10.5 Å². The summed E-state index contributed by atoms with van der Waals surface area (Å²) in [5.41, 5.74) is 5.64. The average Bonchev–Trinajstić information content (AvgIpc) is 2.38. The molecule has 0 amide bonds. The average molecular weight is 255 g/mol. The summed E-state index contributed by atoms with van der Waals surface area (Å²) >= 11 is 0. The van der Waals surface area contributed by atoms with Crippen molar-refractivity contribution in [3.63, 3.8) is 0 Å². The molecule has 0 bridgehead atoms. The van der Waals surface area contributed by atoms with Crippen LogP contribution in [0.15, 0.2) is 18.2 Å². The van der Waals surface area contributed by atoms with Crippen LogP contribution in [0, 0.1) is 12.7 Å². The Morgan fingerprint density at radius 1 is 1.44 bits per heavy atom. The van der Waals surface area contributed by atoms with Crippen LogP contribution in [-0.4, -0.2) is 23.9 Å². The van der Waals surface area contributed by atoms with Gasteiger partial charge in [-0.25, -0.2) is 4.39 Å². The van der Waals surface area contributed by atoms with Crippen molar-refractivity contribution in [2.75, 3.05) is 13.2 Å². The Kier molecular flexibility index (Phi) is 5.56. The van der Waals surface area contributed by atoms with Crippen LogP contribution >= 0.6 is 0 Å². The van der Waals surface area contributed by atoms with Gasteiger partial charge in [-0.2, -0.15) is 0 Å². The lowest BCUT2D eigenvalue weighted by Gasteiger charge is -2.24. The Balaban J connectivity index is 2.40. The van der Waals surface area contributed by atoms with Crippen molar-refractivity contribution < 1.29 is 14.2 Å². The van der Waals surface area contributed by atoms with Gasteiger partial charge in [0.2, 0.25) is 0 Å². The first-order valence-electron chi connectivity index (χ1n) is 6.32. The second-order valence-corrected chi connectivity index (χ2v) is 4.67. The van der Waals surface area contributed by atoms with E-state index in [1.807, 2.05) is 13.8 Å². The molecule has 0 aliphatic carbocycles. The van der Waals surface area contributed by atoms with Crippen LogP contribution in [0.5, 0.6) is 5.75 Å². The number of rotatable bonds is 7. The first-order valence-corrected chi connectivity index (χ1v) is 6.32. The molecule has 3 N–H and O–H groups in total. The summed E-state index contributed by atoms with van der Waals surface area (Å²) in [6, 6.07) is 4.77. The number of aliphatic hydroxyl groups is 1. The van der Waals surface area contributed by atoms with Crippen LogP contribution in [0.4, 0.5) is 4.39 Å². The molecule has 0 aliphatic heterocycles. The van der Waals surface area contributed by atoms with E-state index >= 15 is 0 Å². The second kappa shape index (κ2) is 6.71. The summed E-state index contributed by atoms with van der Waals surface area (Å²) < 4.78 is 18.7. The molecule has 0 saturated heterocycles. The van der Waals surface area contributed by atoms with Gasteiger partial charge in [-0.3, -0.25) is 0 Å². The molecular weight excluding hydrogens is 233 g/mol. The standard InChI is InChI=1S/C14H22FNO2/c1-3-14(17,10-16)7-4-8-18-13-9-11(2)5-6-12(13)15/h5-6,9,17H,3-4,7-8,10,16H2,1-2H3. The maximum absolute atomic E-state index is 13.4. The molecule has 1 aromatic carbocycles. The molecule has 1 rings (SSSR count). The monoisotopic (exact) mass is 255 g/mol. The van der Waals surface area contributed by atoms with E-state index in [-0.39, 0.29) is 18.1 Å². The predicted octanol–water partition coefficient (Wildman–Crippen LogP) is 2.39. The number of benzene rings is 1. The fourth-order valence-electron chi connectivity index (χ4n) is 1.73. The third-order valence-corrected chi connectivity index (χ3v) is 3.17. The van der Waals surface area contributed by atoms with Crippen molar-refractivity contribution in [3.8, 4) is 5.75 Å². The van der Waals surface area contributed by atoms with Gasteiger partial charge in [-0.1, -0.05) is 13.0 Å². The smallest absolute Gasteiger partial charge is 0.165 e. The minimum atomic E-state index is -0.825. The second-order valence-electron chi connectivity index (χ2n) is 4.67. The quantitative estimate of drug-likeness (QED) is 0.736. The Labute approximate surface area is 108 Å². The summed E-state index contributed by atoms with van der Waals surface area (Å²) in [6.45, 7) is 4.40. The van der Waals surface area contributed by atoms with Crippen LogP contribution in [0.1, 0.15) is 31.7 Å². The number of aryl methyl sites for hydroxylation is 1. The molecule has 0 aliphatic rings. The molecule has 1 atom stereocenters. The van der Waals surface area contributed by atoms with Gasteiger partial charge in [0.05, 0.1) is 12.2 Å². The van der Waals surface area contributed by atoms with E-state index in [2.05, 4.69) is 0 Å². The zero-order valence-corrected chi connectivity index (χ0v) is 11.1. The molecule has 0 radical (unpaired) electrons. The number of hydrogen-bond acceptors (Lipinski definition) is 3. The molecule has 0 aromatic heterocycles. The summed E-state index contributed by atoms with van der Waals surface area (Å²) in [7, 11) is 0. The fraction of sp³-hybridized carbons (Fsp3) is 0.571. The van der Waals surface area contributed by atoms with E-state index in [0.29, 0.717) is 25.9 Å². The molecule has 0 spiro atoms.